The van der Waals surface area contributed by atoms with E-state index in [1.807, 2.05) is 6.08 Å². The Bertz CT molecular complexity index is 2120. The number of hydrogen-bond donors (Lipinski definition) is 12. The Morgan fingerprint density at radius 3 is 1.13 bits per heavy atom. The van der Waals surface area contributed by atoms with E-state index in [1.165, 1.54) is 180 Å². The summed E-state index contributed by atoms with van der Waals surface area (Å²) in [5.74, 6) is -0.284. The van der Waals surface area contributed by atoms with Gasteiger partial charge in [0.1, 0.15) is 73.2 Å². The van der Waals surface area contributed by atoms with Crippen molar-refractivity contribution in [2.24, 2.45) is 0 Å². The Balaban J connectivity index is 1.35. The largest absolute Gasteiger partial charge is 0.394 e. The topological polar surface area (TPSA) is 307 Å². The Kier molecular flexibility index (Phi) is 54.9. The first-order valence-corrected chi connectivity index (χ1v) is 39.3. The van der Waals surface area contributed by atoms with Crippen LogP contribution >= 0.6 is 0 Å². The van der Waals surface area contributed by atoms with E-state index in [2.05, 4.69) is 92.1 Å². The van der Waals surface area contributed by atoms with Gasteiger partial charge in [-0.25, -0.2) is 0 Å². The molecule has 12 N–H and O–H groups in total. The van der Waals surface area contributed by atoms with E-state index in [0.717, 1.165) is 70.6 Å². The Morgan fingerprint density at radius 1 is 0.374 bits per heavy atom. The number of carbonyl (C=O) groups is 1. The van der Waals surface area contributed by atoms with Gasteiger partial charge in [0.05, 0.1) is 38.6 Å². The average molecular weight is 1400 g/mol. The lowest BCUT2D eigenvalue weighted by molar-refractivity contribution is -0.379. The minimum Gasteiger partial charge on any atom is -0.394 e. The average Bonchev–Trinajstić information content (AvgIpc) is 0.784. The predicted octanol–water partition coefficient (Wildman–Crippen LogP) is 12.6. The number of aliphatic hydroxyl groups is 11. The summed E-state index contributed by atoms with van der Waals surface area (Å²) in [5, 5.41) is 121. The standard InChI is InChI=1S/C80H141NO18/c1-3-5-7-9-11-13-15-17-19-21-23-24-25-26-27-28-29-30-31-32-33-34-35-36-37-38-40-42-44-46-48-50-52-54-56-58-68(86)81-63(64(85)57-55-53-51-49-47-45-43-41-39-22-20-18-16-14-12-10-8-6-4-2)62-94-78-74(92)71(89)76(66(60-83)96-78)99-80-75(93)72(90)77(67(61-84)97-80)98-79-73(91)70(88)69(87)65(59-82)95-79/h5,7,11,13,17,19,23-24,26-27,47,49,55,57,63-67,69-80,82-85,87-93H,3-4,6,8-10,12,14-16,18,20-22,25,28-46,48,50-54,56,58-62H2,1-2H3,(H,81,86)/b7-5-,13-11-,19-17-,24-23-,27-26-,49-47+,57-55+. The molecule has 17 atom stereocenters. The van der Waals surface area contributed by atoms with Gasteiger partial charge in [0.25, 0.3) is 0 Å². The molecule has 3 rings (SSSR count). The zero-order valence-corrected chi connectivity index (χ0v) is 61.2. The minimum atomic E-state index is -1.98. The molecule has 574 valence electrons. The van der Waals surface area contributed by atoms with Crippen molar-refractivity contribution >= 4 is 5.91 Å². The van der Waals surface area contributed by atoms with Gasteiger partial charge in [-0.05, 0) is 77.0 Å². The number of ether oxygens (including phenoxy) is 6. The van der Waals surface area contributed by atoms with Crippen LogP contribution in [0.25, 0.3) is 0 Å². The second-order valence-corrected chi connectivity index (χ2v) is 27.8. The molecule has 0 bridgehead atoms. The Hall–Kier alpha value is -3.03. The maximum absolute atomic E-state index is 13.5. The maximum Gasteiger partial charge on any atom is 0.220 e. The second kappa shape index (κ2) is 60.3. The summed E-state index contributed by atoms with van der Waals surface area (Å²) >= 11 is 0. The number of carbonyl (C=O) groups excluding carboxylic acids is 1. The fourth-order valence-electron chi connectivity index (χ4n) is 12.9. The number of aliphatic hydroxyl groups excluding tert-OH is 11. The molecule has 3 aliphatic rings. The summed E-state index contributed by atoms with van der Waals surface area (Å²) in [6.45, 7) is 1.62. The molecule has 0 saturated carbocycles. The highest BCUT2D eigenvalue weighted by atomic mass is 16.8. The molecule has 19 heteroatoms. The van der Waals surface area contributed by atoms with Crippen LogP contribution in [-0.2, 0) is 33.2 Å². The molecule has 3 heterocycles. The minimum absolute atomic E-state index is 0.235. The van der Waals surface area contributed by atoms with Gasteiger partial charge in [0.2, 0.25) is 5.91 Å². The lowest BCUT2D eigenvalue weighted by atomic mass is 9.96. The molecule has 3 saturated heterocycles. The molecular weight excluding hydrogens is 1260 g/mol. The van der Waals surface area contributed by atoms with Crippen LogP contribution in [0.15, 0.2) is 85.1 Å². The van der Waals surface area contributed by atoms with Crippen molar-refractivity contribution in [1.82, 2.24) is 5.32 Å². The molecule has 3 fully saturated rings. The molecule has 0 aliphatic carbocycles. The number of amides is 1. The van der Waals surface area contributed by atoms with Gasteiger partial charge < -0.3 is 89.9 Å². The number of rotatable bonds is 61. The van der Waals surface area contributed by atoms with Crippen LogP contribution in [0.5, 0.6) is 0 Å². The number of unbranched alkanes of at least 4 members (excludes halogenated alkanes) is 33. The van der Waals surface area contributed by atoms with Crippen molar-refractivity contribution in [3.05, 3.63) is 85.1 Å². The summed E-state index contributed by atoms with van der Waals surface area (Å²) in [4.78, 5) is 13.5. The molecule has 3 aliphatic heterocycles. The number of allylic oxidation sites excluding steroid dienone is 13. The molecule has 19 nitrogen and oxygen atoms in total. The van der Waals surface area contributed by atoms with Crippen molar-refractivity contribution in [1.29, 1.82) is 0 Å². The smallest absolute Gasteiger partial charge is 0.220 e. The predicted molar refractivity (Wildman–Crippen MR) is 392 cm³/mol. The monoisotopic (exact) mass is 1400 g/mol. The van der Waals surface area contributed by atoms with E-state index in [0.29, 0.717) is 12.8 Å². The third-order valence-electron chi connectivity index (χ3n) is 19.2. The molecule has 0 aromatic carbocycles. The first-order valence-electron chi connectivity index (χ1n) is 39.3. The normalized spacial score (nSPS) is 27.1. The third kappa shape index (κ3) is 40.7. The van der Waals surface area contributed by atoms with Crippen molar-refractivity contribution in [3.63, 3.8) is 0 Å². The second-order valence-electron chi connectivity index (χ2n) is 27.8. The lowest BCUT2D eigenvalue weighted by Crippen LogP contribution is -2.66. The van der Waals surface area contributed by atoms with E-state index in [4.69, 9.17) is 28.4 Å². The van der Waals surface area contributed by atoms with E-state index < -0.39 is 124 Å². The fraction of sp³-hybridized carbons (Fsp3) is 0.812. The number of nitrogens with one attached hydrogen (secondary N) is 1. The molecule has 0 aromatic rings. The van der Waals surface area contributed by atoms with Gasteiger partial charge in [-0.1, -0.05) is 285 Å². The van der Waals surface area contributed by atoms with E-state index >= 15 is 0 Å². The van der Waals surface area contributed by atoms with Crippen LogP contribution in [0.2, 0.25) is 0 Å². The molecule has 0 aromatic heterocycles. The van der Waals surface area contributed by atoms with E-state index in [9.17, 15) is 61.0 Å². The summed E-state index contributed by atoms with van der Waals surface area (Å²) in [6, 6.07) is -0.993. The first kappa shape index (κ1) is 90.2. The highest BCUT2D eigenvalue weighted by molar-refractivity contribution is 5.76. The molecule has 0 radical (unpaired) electrons. The summed E-state index contributed by atoms with van der Waals surface area (Å²) in [7, 11) is 0. The zero-order chi connectivity index (χ0) is 71.8. The van der Waals surface area contributed by atoms with Gasteiger partial charge in [0, 0.05) is 6.42 Å². The Morgan fingerprint density at radius 2 is 0.707 bits per heavy atom. The van der Waals surface area contributed by atoms with Crippen molar-refractivity contribution in [2.75, 3.05) is 26.4 Å². The van der Waals surface area contributed by atoms with E-state index in [1.54, 1.807) is 6.08 Å². The zero-order valence-electron chi connectivity index (χ0n) is 61.2. The van der Waals surface area contributed by atoms with Gasteiger partial charge >= 0.3 is 0 Å². The summed E-state index contributed by atoms with van der Waals surface area (Å²) in [5.41, 5.74) is 0. The Labute approximate surface area is 597 Å². The SMILES string of the molecule is CC/C=C\C/C=C\C/C=C\C/C=C\C/C=C\CCCCCCCCCCCCCCCCCCCCCC(=O)NC(COC1OC(CO)C(OC2OC(CO)C(OC3OC(CO)C(O)C(O)C3O)C(O)C2O)C(O)C1O)C(O)/C=C/CC/C=C/CCCCCCCCCCCCCCC. The first-order chi connectivity index (χ1) is 48.3. The number of hydrogen-bond acceptors (Lipinski definition) is 18. The summed E-state index contributed by atoms with van der Waals surface area (Å²) < 4.78 is 34.4. The van der Waals surface area contributed by atoms with Gasteiger partial charge in [-0.2, -0.15) is 0 Å². The van der Waals surface area contributed by atoms with Crippen molar-refractivity contribution in [2.45, 2.75) is 388 Å². The van der Waals surface area contributed by atoms with Crippen molar-refractivity contribution in [3.8, 4) is 0 Å². The highest BCUT2D eigenvalue weighted by Crippen LogP contribution is 2.33. The van der Waals surface area contributed by atoms with Crippen LogP contribution in [-0.4, -0.2) is 193 Å². The van der Waals surface area contributed by atoms with Crippen molar-refractivity contribution < 1.29 is 89.4 Å². The van der Waals surface area contributed by atoms with Gasteiger partial charge in [-0.15, -0.1) is 0 Å². The fourth-order valence-corrected chi connectivity index (χ4v) is 12.9. The van der Waals surface area contributed by atoms with Gasteiger partial charge in [-0.3, -0.25) is 4.79 Å². The quantitative estimate of drug-likeness (QED) is 0.0199. The van der Waals surface area contributed by atoms with Crippen LogP contribution < -0.4 is 5.32 Å². The van der Waals surface area contributed by atoms with Crippen LogP contribution in [0.4, 0.5) is 0 Å². The lowest BCUT2D eigenvalue weighted by Gasteiger charge is -2.48. The third-order valence-corrected chi connectivity index (χ3v) is 19.2. The molecule has 0 spiro atoms. The molecule has 17 unspecified atom stereocenters. The molecule has 99 heavy (non-hydrogen) atoms. The van der Waals surface area contributed by atoms with E-state index in [-0.39, 0.29) is 18.9 Å². The van der Waals surface area contributed by atoms with Gasteiger partial charge in [0.15, 0.2) is 18.9 Å². The highest BCUT2D eigenvalue weighted by Gasteiger charge is 2.53. The summed E-state index contributed by atoms with van der Waals surface area (Å²) in [6.07, 6.45) is 52.9. The van der Waals surface area contributed by atoms with Crippen LogP contribution in [0.1, 0.15) is 284 Å². The maximum atomic E-state index is 13.5. The van der Waals surface area contributed by atoms with Crippen LogP contribution in [0.3, 0.4) is 0 Å². The molecular formula is C80H141NO18. The van der Waals surface area contributed by atoms with Crippen LogP contribution in [0, 0.1) is 0 Å². The molecule has 1 amide bonds.